The smallest absolute Gasteiger partial charge is 0.283 e. The molecule has 19 heavy (non-hydrogen) atoms. The van der Waals surface area contributed by atoms with Crippen molar-refractivity contribution in [3.05, 3.63) is 50.7 Å². The summed E-state index contributed by atoms with van der Waals surface area (Å²) >= 11 is 3.20. The van der Waals surface area contributed by atoms with E-state index < -0.39 is 4.92 Å². The van der Waals surface area contributed by atoms with Gasteiger partial charge in [-0.2, -0.15) is 5.10 Å². The van der Waals surface area contributed by atoms with E-state index in [1.54, 1.807) is 16.8 Å². The maximum Gasteiger partial charge on any atom is 0.283 e. The number of aromatic nitrogens is 2. The Kier molecular flexibility index (Phi) is 4.28. The maximum absolute atomic E-state index is 10.7. The Morgan fingerprint density at radius 3 is 2.89 bits per heavy atom. The second kappa shape index (κ2) is 5.94. The Hall–Kier alpha value is -1.73. The van der Waals surface area contributed by atoms with E-state index in [9.17, 15) is 10.1 Å². The van der Waals surface area contributed by atoms with Crippen molar-refractivity contribution in [3.8, 4) is 5.69 Å². The van der Waals surface area contributed by atoms with Gasteiger partial charge in [0.25, 0.3) is 5.69 Å². The summed E-state index contributed by atoms with van der Waals surface area (Å²) < 4.78 is 2.14. The van der Waals surface area contributed by atoms with Gasteiger partial charge in [0.15, 0.2) is 0 Å². The van der Waals surface area contributed by atoms with Gasteiger partial charge in [-0.15, -0.1) is 0 Å². The second-order valence-corrected chi connectivity index (χ2v) is 4.78. The van der Waals surface area contributed by atoms with Gasteiger partial charge in [0.2, 0.25) is 0 Å². The average molecular weight is 325 g/mol. The minimum atomic E-state index is -0.423. The van der Waals surface area contributed by atoms with Crippen molar-refractivity contribution in [3.63, 3.8) is 0 Å². The van der Waals surface area contributed by atoms with E-state index in [0.29, 0.717) is 11.0 Å². The molecule has 1 N–H and O–H groups in total. The number of halogens is 1. The van der Waals surface area contributed by atoms with Crippen LogP contribution in [0.1, 0.15) is 12.6 Å². The third-order valence-electron chi connectivity index (χ3n) is 2.59. The second-order valence-electron chi connectivity index (χ2n) is 3.92. The van der Waals surface area contributed by atoms with Crippen molar-refractivity contribution in [1.29, 1.82) is 0 Å². The Morgan fingerprint density at radius 1 is 1.47 bits per heavy atom. The SMILES string of the molecule is CCNCc1ccn(-c2ccc([N+](=O)[O-])c(Br)c2)n1. The molecule has 0 atom stereocenters. The van der Waals surface area contributed by atoms with Crippen molar-refractivity contribution < 1.29 is 4.92 Å². The van der Waals surface area contributed by atoms with Gasteiger partial charge >= 0.3 is 0 Å². The summed E-state index contributed by atoms with van der Waals surface area (Å²) in [6.07, 6.45) is 1.83. The molecule has 7 heteroatoms. The van der Waals surface area contributed by atoms with E-state index in [2.05, 4.69) is 26.3 Å². The highest BCUT2D eigenvalue weighted by Crippen LogP contribution is 2.26. The summed E-state index contributed by atoms with van der Waals surface area (Å²) in [6, 6.07) is 6.73. The number of nitrogens with zero attached hydrogens (tertiary/aromatic N) is 3. The van der Waals surface area contributed by atoms with Gasteiger partial charge in [0, 0.05) is 18.8 Å². The monoisotopic (exact) mass is 324 g/mol. The van der Waals surface area contributed by atoms with Crippen LogP contribution in [0.15, 0.2) is 34.9 Å². The van der Waals surface area contributed by atoms with Crippen LogP contribution < -0.4 is 5.32 Å². The van der Waals surface area contributed by atoms with Crippen molar-refractivity contribution in [2.75, 3.05) is 6.54 Å². The molecule has 0 unspecified atom stereocenters. The maximum atomic E-state index is 10.7. The van der Waals surface area contributed by atoms with Crippen molar-refractivity contribution >= 4 is 21.6 Å². The molecule has 0 saturated heterocycles. The van der Waals surface area contributed by atoms with Crippen LogP contribution in [0.3, 0.4) is 0 Å². The van der Waals surface area contributed by atoms with E-state index in [-0.39, 0.29) is 5.69 Å². The van der Waals surface area contributed by atoms with Gasteiger partial charge in [-0.3, -0.25) is 10.1 Å². The van der Waals surface area contributed by atoms with Crippen LogP contribution in [-0.4, -0.2) is 21.2 Å². The lowest BCUT2D eigenvalue weighted by atomic mass is 10.3. The van der Waals surface area contributed by atoms with Crippen LogP contribution in [-0.2, 0) is 6.54 Å². The molecule has 2 rings (SSSR count). The quantitative estimate of drug-likeness (QED) is 0.677. The minimum Gasteiger partial charge on any atom is -0.311 e. The van der Waals surface area contributed by atoms with Crippen LogP contribution in [0.2, 0.25) is 0 Å². The number of rotatable bonds is 5. The van der Waals surface area contributed by atoms with Gasteiger partial charge in [0.1, 0.15) is 0 Å². The van der Waals surface area contributed by atoms with E-state index in [0.717, 1.165) is 17.9 Å². The zero-order valence-electron chi connectivity index (χ0n) is 10.3. The summed E-state index contributed by atoms with van der Waals surface area (Å²) in [6.45, 7) is 3.62. The lowest BCUT2D eigenvalue weighted by Gasteiger charge is -2.03. The Bertz CT molecular complexity index is 597. The molecule has 1 aromatic heterocycles. The zero-order valence-corrected chi connectivity index (χ0v) is 11.9. The molecule has 0 aliphatic heterocycles. The fourth-order valence-corrected chi connectivity index (χ4v) is 2.15. The van der Waals surface area contributed by atoms with E-state index in [4.69, 9.17) is 0 Å². The highest BCUT2D eigenvalue weighted by Gasteiger charge is 2.12. The van der Waals surface area contributed by atoms with Crippen molar-refractivity contribution in [2.45, 2.75) is 13.5 Å². The molecule has 1 aromatic carbocycles. The normalized spacial score (nSPS) is 10.6. The van der Waals surface area contributed by atoms with Crippen molar-refractivity contribution in [1.82, 2.24) is 15.1 Å². The molecule has 100 valence electrons. The Labute approximate surface area is 118 Å². The third-order valence-corrected chi connectivity index (χ3v) is 3.23. The molecule has 0 spiro atoms. The molecule has 1 heterocycles. The highest BCUT2D eigenvalue weighted by molar-refractivity contribution is 9.10. The topological polar surface area (TPSA) is 73.0 Å². The summed E-state index contributed by atoms with van der Waals surface area (Å²) in [5.41, 5.74) is 1.75. The summed E-state index contributed by atoms with van der Waals surface area (Å²) in [5.74, 6) is 0. The van der Waals surface area contributed by atoms with Crippen molar-refractivity contribution in [2.24, 2.45) is 0 Å². The molecule has 2 aromatic rings. The predicted molar refractivity (Wildman–Crippen MR) is 75.3 cm³/mol. The zero-order chi connectivity index (χ0) is 13.8. The summed E-state index contributed by atoms with van der Waals surface area (Å²) in [4.78, 5) is 10.3. The predicted octanol–water partition coefficient (Wildman–Crippen LogP) is 2.65. The van der Waals surface area contributed by atoms with Crippen LogP contribution in [0, 0.1) is 10.1 Å². The third kappa shape index (κ3) is 3.18. The van der Waals surface area contributed by atoms with Gasteiger partial charge < -0.3 is 5.32 Å². The lowest BCUT2D eigenvalue weighted by Crippen LogP contribution is -2.12. The van der Waals surface area contributed by atoms with E-state index >= 15 is 0 Å². The first-order chi connectivity index (χ1) is 9.11. The fourth-order valence-electron chi connectivity index (χ4n) is 1.64. The number of benzene rings is 1. The van der Waals surface area contributed by atoms with E-state index in [1.807, 2.05) is 19.2 Å². The van der Waals surface area contributed by atoms with Crippen LogP contribution in [0.25, 0.3) is 5.69 Å². The van der Waals surface area contributed by atoms with Crippen LogP contribution in [0.4, 0.5) is 5.69 Å². The van der Waals surface area contributed by atoms with Gasteiger partial charge in [-0.25, -0.2) is 4.68 Å². The molecule has 0 aliphatic rings. The standard InChI is InChI=1S/C12H13BrN4O2/c1-2-14-8-9-5-6-16(15-9)10-3-4-12(17(18)19)11(13)7-10/h3-7,14H,2,8H2,1H3. The molecule has 0 saturated carbocycles. The Balaban J connectivity index is 2.24. The molecule has 0 bridgehead atoms. The summed E-state index contributed by atoms with van der Waals surface area (Å²) in [7, 11) is 0. The number of hydrogen-bond acceptors (Lipinski definition) is 4. The van der Waals surface area contributed by atoms with Gasteiger partial charge in [-0.1, -0.05) is 6.92 Å². The molecule has 0 aliphatic carbocycles. The number of hydrogen-bond donors (Lipinski definition) is 1. The fraction of sp³-hybridized carbons (Fsp3) is 0.250. The molecular formula is C12H13BrN4O2. The van der Waals surface area contributed by atoms with Crippen LogP contribution >= 0.6 is 15.9 Å². The Morgan fingerprint density at radius 2 is 2.26 bits per heavy atom. The van der Waals surface area contributed by atoms with Gasteiger partial charge in [0.05, 0.1) is 20.8 Å². The first-order valence-corrected chi connectivity index (χ1v) is 6.60. The lowest BCUT2D eigenvalue weighted by molar-refractivity contribution is -0.385. The number of nitrogens with one attached hydrogen (secondary N) is 1. The first-order valence-electron chi connectivity index (χ1n) is 5.81. The molecule has 0 fully saturated rings. The van der Waals surface area contributed by atoms with E-state index in [1.165, 1.54) is 6.07 Å². The first kappa shape index (κ1) is 13.7. The number of nitro groups is 1. The molecule has 6 nitrogen and oxygen atoms in total. The largest absolute Gasteiger partial charge is 0.311 e. The highest BCUT2D eigenvalue weighted by atomic mass is 79.9. The number of nitro benzene ring substituents is 1. The van der Waals surface area contributed by atoms with Crippen LogP contribution in [0.5, 0.6) is 0 Å². The molecular weight excluding hydrogens is 312 g/mol. The average Bonchev–Trinajstić information content (AvgIpc) is 2.84. The summed E-state index contributed by atoms with van der Waals surface area (Å²) in [5, 5.41) is 18.3. The molecule has 0 radical (unpaired) electrons. The minimum absolute atomic E-state index is 0.0452. The van der Waals surface area contributed by atoms with Gasteiger partial charge in [-0.05, 0) is 40.7 Å². The molecule has 0 amide bonds.